The van der Waals surface area contributed by atoms with E-state index in [1.54, 1.807) is 11.3 Å². The second-order valence-electron chi connectivity index (χ2n) is 8.52. The Kier molecular flexibility index (Phi) is 5.16. The summed E-state index contributed by atoms with van der Waals surface area (Å²) < 4.78 is 1.11. The molecule has 1 aromatic carbocycles. The van der Waals surface area contributed by atoms with Crippen LogP contribution in [-0.4, -0.2) is 37.2 Å². The molecule has 1 fully saturated rings. The number of rotatable bonds is 5. The number of nitrogens with zero attached hydrogens (tertiary/aromatic N) is 3. The van der Waals surface area contributed by atoms with E-state index in [-0.39, 0.29) is 6.10 Å². The first-order valence-corrected chi connectivity index (χ1v) is 12.0. The highest BCUT2D eigenvalue weighted by molar-refractivity contribution is 7.22. The number of hydrogen-bond acceptors (Lipinski definition) is 7. The zero-order valence-corrected chi connectivity index (χ0v) is 18.8. The van der Waals surface area contributed by atoms with Crippen LogP contribution >= 0.6 is 11.3 Å². The number of aromatic amines is 1. The molecule has 0 unspecified atom stereocenters. The highest BCUT2D eigenvalue weighted by Crippen LogP contribution is 2.32. The zero-order chi connectivity index (χ0) is 22.2. The molecule has 4 N–H and O–H groups in total. The Hall–Kier alpha value is -3.49. The molecule has 0 spiro atoms. The highest BCUT2D eigenvalue weighted by atomic mass is 32.1. The topological polar surface area (TPSA) is 98.7 Å². The molecule has 1 aliphatic rings. The van der Waals surface area contributed by atoms with Crippen molar-refractivity contribution >= 4 is 49.4 Å². The van der Waals surface area contributed by atoms with Crippen LogP contribution in [0.2, 0.25) is 0 Å². The number of fused-ring (bicyclic) bond motifs is 2. The number of aliphatic hydroxyl groups excluding tert-OH is 1. The van der Waals surface area contributed by atoms with Crippen molar-refractivity contribution in [3.8, 4) is 11.1 Å². The number of pyridine rings is 2. The molecule has 1 saturated carbocycles. The number of aliphatic hydroxyl groups is 1. The van der Waals surface area contributed by atoms with Gasteiger partial charge in [-0.05, 0) is 67.6 Å². The standard InChI is InChI=1S/C25H24N6OS/c32-18-7-5-17(6-8-18)28-23-2-1-3-24(30-23)31-25-29-20-9-4-15(13-22(20)33-25)16-12-21-19(27-14-16)10-11-26-21/h1-4,9-14,17-18,26,32H,5-8H2,(H2,28,29,30,31)/t17-,18-. The van der Waals surface area contributed by atoms with Crippen molar-refractivity contribution in [3.05, 3.63) is 60.9 Å². The van der Waals surface area contributed by atoms with Crippen LogP contribution < -0.4 is 10.6 Å². The first-order valence-electron chi connectivity index (χ1n) is 11.2. The molecule has 0 saturated heterocycles. The fourth-order valence-electron chi connectivity index (χ4n) is 4.37. The van der Waals surface area contributed by atoms with Gasteiger partial charge in [-0.15, -0.1) is 0 Å². The van der Waals surface area contributed by atoms with Crippen LogP contribution in [-0.2, 0) is 0 Å². The quantitative estimate of drug-likeness (QED) is 0.271. The number of aromatic nitrogens is 4. The molecule has 0 radical (unpaired) electrons. The molecule has 33 heavy (non-hydrogen) atoms. The van der Waals surface area contributed by atoms with Crippen LogP contribution in [0.5, 0.6) is 0 Å². The number of H-pyrrole nitrogens is 1. The third kappa shape index (κ3) is 4.27. The first-order chi connectivity index (χ1) is 16.2. The summed E-state index contributed by atoms with van der Waals surface area (Å²) in [6.07, 6.45) is 7.28. The minimum absolute atomic E-state index is 0.156. The van der Waals surface area contributed by atoms with E-state index in [1.807, 2.05) is 42.7 Å². The Labute approximate surface area is 194 Å². The van der Waals surface area contributed by atoms with Crippen LogP contribution in [0.3, 0.4) is 0 Å². The Morgan fingerprint density at radius 3 is 2.70 bits per heavy atom. The van der Waals surface area contributed by atoms with E-state index in [4.69, 9.17) is 9.97 Å². The van der Waals surface area contributed by atoms with Crippen LogP contribution in [0.25, 0.3) is 32.4 Å². The Morgan fingerprint density at radius 2 is 1.79 bits per heavy atom. The van der Waals surface area contributed by atoms with Crippen molar-refractivity contribution in [2.24, 2.45) is 0 Å². The predicted molar refractivity (Wildman–Crippen MR) is 134 cm³/mol. The van der Waals surface area contributed by atoms with Crippen molar-refractivity contribution in [1.29, 1.82) is 0 Å². The largest absolute Gasteiger partial charge is 0.393 e. The fraction of sp³-hybridized carbons (Fsp3) is 0.240. The number of thiazole rings is 1. The summed E-state index contributed by atoms with van der Waals surface area (Å²) in [6.45, 7) is 0. The summed E-state index contributed by atoms with van der Waals surface area (Å²) in [7, 11) is 0. The molecule has 0 aliphatic heterocycles. The minimum atomic E-state index is -0.156. The Balaban J connectivity index is 1.20. The van der Waals surface area contributed by atoms with Crippen molar-refractivity contribution in [1.82, 2.24) is 19.9 Å². The van der Waals surface area contributed by atoms with E-state index in [2.05, 4.69) is 38.8 Å². The van der Waals surface area contributed by atoms with E-state index in [9.17, 15) is 5.11 Å². The lowest BCUT2D eigenvalue weighted by atomic mass is 9.93. The molecule has 0 atom stereocenters. The summed E-state index contributed by atoms with van der Waals surface area (Å²) in [5.41, 5.74) is 5.14. The van der Waals surface area contributed by atoms with Gasteiger partial charge in [0.05, 0.1) is 27.4 Å². The monoisotopic (exact) mass is 456 g/mol. The first kappa shape index (κ1) is 20.1. The molecule has 4 heterocycles. The van der Waals surface area contributed by atoms with Gasteiger partial charge in [-0.2, -0.15) is 0 Å². The van der Waals surface area contributed by atoms with Crippen molar-refractivity contribution in [2.75, 3.05) is 10.6 Å². The fourth-order valence-corrected chi connectivity index (χ4v) is 5.29. The van der Waals surface area contributed by atoms with Gasteiger partial charge in [-0.3, -0.25) is 4.98 Å². The SMILES string of the molecule is O[C@H]1CC[C@H](Nc2cccc(Nc3nc4ccc(-c5cnc6cc[nH]c6c5)cc4s3)n2)CC1. The Bertz CT molecular complexity index is 1420. The molecule has 1 aliphatic carbocycles. The van der Waals surface area contributed by atoms with E-state index >= 15 is 0 Å². The molecule has 166 valence electrons. The second-order valence-corrected chi connectivity index (χ2v) is 9.55. The van der Waals surface area contributed by atoms with Crippen molar-refractivity contribution < 1.29 is 5.11 Å². The number of benzene rings is 1. The molecule has 5 aromatic rings. The Morgan fingerprint density at radius 1 is 0.909 bits per heavy atom. The zero-order valence-electron chi connectivity index (χ0n) is 18.0. The molecule has 7 nitrogen and oxygen atoms in total. The maximum absolute atomic E-state index is 9.71. The van der Waals surface area contributed by atoms with Gasteiger partial charge in [0.15, 0.2) is 5.13 Å². The van der Waals surface area contributed by atoms with Crippen molar-refractivity contribution in [2.45, 2.75) is 37.8 Å². The third-order valence-corrected chi connectivity index (χ3v) is 7.09. The third-order valence-electron chi connectivity index (χ3n) is 6.15. The van der Waals surface area contributed by atoms with Gasteiger partial charge in [0.1, 0.15) is 11.6 Å². The predicted octanol–water partition coefficient (Wildman–Crippen LogP) is 5.69. The number of nitrogens with one attached hydrogen (secondary N) is 3. The molecule has 0 amide bonds. The molecule has 4 aromatic heterocycles. The van der Waals surface area contributed by atoms with Gasteiger partial charge < -0.3 is 20.7 Å². The van der Waals surface area contributed by atoms with Crippen molar-refractivity contribution in [3.63, 3.8) is 0 Å². The molecule has 6 rings (SSSR count). The van der Waals surface area contributed by atoms with Gasteiger partial charge in [0, 0.05) is 24.0 Å². The number of anilines is 3. The van der Waals surface area contributed by atoms with Crippen LogP contribution in [0.15, 0.2) is 60.9 Å². The van der Waals surface area contributed by atoms with Gasteiger partial charge >= 0.3 is 0 Å². The lowest BCUT2D eigenvalue weighted by Gasteiger charge is -2.26. The van der Waals surface area contributed by atoms with E-state index in [1.165, 1.54) is 0 Å². The van der Waals surface area contributed by atoms with Gasteiger partial charge in [0.25, 0.3) is 0 Å². The average molecular weight is 457 g/mol. The molecular weight excluding hydrogens is 432 g/mol. The smallest absolute Gasteiger partial charge is 0.189 e. The van der Waals surface area contributed by atoms with E-state index in [0.29, 0.717) is 6.04 Å². The summed E-state index contributed by atoms with van der Waals surface area (Å²) >= 11 is 1.61. The molecule has 8 heteroatoms. The van der Waals surface area contributed by atoms with E-state index < -0.39 is 0 Å². The normalized spacial score (nSPS) is 18.6. The maximum atomic E-state index is 9.71. The van der Waals surface area contributed by atoms with Gasteiger partial charge in [0.2, 0.25) is 0 Å². The summed E-state index contributed by atoms with van der Waals surface area (Å²) in [4.78, 5) is 17.2. The van der Waals surface area contributed by atoms with Gasteiger partial charge in [-0.25, -0.2) is 9.97 Å². The lowest BCUT2D eigenvalue weighted by molar-refractivity contribution is 0.126. The lowest BCUT2D eigenvalue weighted by Crippen LogP contribution is -2.28. The highest BCUT2D eigenvalue weighted by Gasteiger charge is 2.19. The second kappa shape index (κ2) is 8.46. The number of hydrogen-bond donors (Lipinski definition) is 4. The molecular formula is C25H24N6OS. The molecule has 0 bridgehead atoms. The average Bonchev–Trinajstić information content (AvgIpc) is 3.46. The summed E-state index contributed by atoms with van der Waals surface area (Å²) in [5.74, 6) is 1.61. The van der Waals surface area contributed by atoms with Crippen LogP contribution in [0.4, 0.5) is 16.8 Å². The van der Waals surface area contributed by atoms with Crippen LogP contribution in [0.1, 0.15) is 25.7 Å². The maximum Gasteiger partial charge on any atom is 0.189 e. The summed E-state index contributed by atoms with van der Waals surface area (Å²) in [6, 6.07) is 16.7. The van der Waals surface area contributed by atoms with Crippen LogP contribution in [0, 0.1) is 0 Å². The van der Waals surface area contributed by atoms with Gasteiger partial charge in [-0.1, -0.05) is 23.5 Å². The van der Waals surface area contributed by atoms with E-state index in [0.717, 1.165) is 74.8 Å². The summed E-state index contributed by atoms with van der Waals surface area (Å²) in [5, 5.41) is 17.4. The minimum Gasteiger partial charge on any atom is -0.393 e.